The first-order valence-electron chi connectivity index (χ1n) is 10.9. The van der Waals surface area contributed by atoms with Crippen LogP contribution in [0.5, 0.6) is 5.75 Å². The molecule has 33 heavy (non-hydrogen) atoms. The van der Waals surface area contributed by atoms with E-state index in [1.165, 1.54) is 11.1 Å². The first kappa shape index (κ1) is 22.1. The van der Waals surface area contributed by atoms with E-state index in [4.69, 9.17) is 9.72 Å². The second-order valence-electron chi connectivity index (χ2n) is 7.82. The Labute approximate surface area is 194 Å². The molecule has 0 radical (unpaired) electrons. The van der Waals surface area contributed by atoms with E-state index in [1.54, 1.807) is 25.3 Å². The predicted octanol–water partition coefficient (Wildman–Crippen LogP) is 5.86. The van der Waals surface area contributed by atoms with E-state index in [1.807, 2.05) is 61.5 Å². The molecule has 0 spiro atoms. The fourth-order valence-corrected chi connectivity index (χ4v) is 3.64. The Bertz CT molecular complexity index is 1170. The van der Waals surface area contributed by atoms with E-state index >= 15 is 0 Å². The summed E-state index contributed by atoms with van der Waals surface area (Å²) in [6.07, 6.45) is 0. The van der Waals surface area contributed by atoms with Gasteiger partial charge in [0, 0.05) is 18.7 Å². The molecule has 1 amide bonds. The molecule has 0 unspecified atom stereocenters. The van der Waals surface area contributed by atoms with Gasteiger partial charge in [-0.05, 0) is 48.4 Å². The number of aryl methyl sites for hydroxylation is 1. The van der Waals surface area contributed by atoms with Gasteiger partial charge in [0.2, 0.25) is 0 Å². The lowest BCUT2D eigenvalue weighted by Crippen LogP contribution is -2.23. The molecular weight excluding hydrogens is 410 g/mol. The molecule has 1 aromatic heterocycles. The fraction of sp³-hybridized carbons (Fsp3) is 0.143. The van der Waals surface area contributed by atoms with Crippen molar-refractivity contribution in [3.63, 3.8) is 0 Å². The molecule has 0 saturated heterocycles. The number of rotatable bonds is 8. The smallest absolute Gasteiger partial charge is 0.255 e. The number of pyridine rings is 1. The molecule has 166 valence electrons. The lowest BCUT2D eigenvalue weighted by molar-refractivity contribution is 0.102. The van der Waals surface area contributed by atoms with Crippen LogP contribution < -0.4 is 15.0 Å². The van der Waals surface area contributed by atoms with Crippen LogP contribution in [0.3, 0.4) is 0 Å². The lowest BCUT2D eigenvalue weighted by Gasteiger charge is -2.25. The van der Waals surface area contributed by atoms with Gasteiger partial charge >= 0.3 is 0 Å². The van der Waals surface area contributed by atoms with Crippen LogP contribution in [0.1, 0.15) is 27.2 Å². The van der Waals surface area contributed by atoms with Crippen molar-refractivity contribution >= 4 is 17.4 Å². The number of anilines is 2. The number of amides is 1. The molecule has 0 atom stereocenters. The number of hydrogen-bond donors (Lipinski definition) is 1. The number of aromatic nitrogens is 1. The summed E-state index contributed by atoms with van der Waals surface area (Å²) in [5.41, 5.74) is 4.40. The molecular formula is C28H27N3O2. The van der Waals surface area contributed by atoms with Gasteiger partial charge in [0.15, 0.2) is 0 Å². The first-order valence-corrected chi connectivity index (χ1v) is 10.9. The highest BCUT2D eigenvalue weighted by Gasteiger charge is 2.14. The maximum absolute atomic E-state index is 12.7. The van der Waals surface area contributed by atoms with Crippen molar-refractivity contribution in [3.8, 4) is 5.75 Å². The monoisotopic (exact) mass is 437 g/mol. The molecule has 3 aromatic carbocycles. The average Bonchev–Trinajstić information content (AvgIpc) is 2.86. The first-order chi connectivity index (χ1) is 16.1. The summed E-state index contributed by atoms with van der Waals surface area (Å²) in [7, 11) is 1.58. The Morgan fingerprint density at radius 3 is 2.06 bits per heavy atom. The highest BCUT2D eigenvalue weighted by atomic mass is 16.5. The molecule has 1 heterocycles. The van der Waals surface area contributed by atoms with E-state index in [0.29, 0.717) is 17.0 Å². The van der Waals surface area contributed by atoms with Gasteiger partial charge in [0.1, 0.15) is 11.6 Å². The molecule has 1 N–H and O–H groups in total. The van der Waals surface area contributed by atoms with Gasteiger partial charge in [0.05, 0.1) is 18.5 Å². The minimum Gasteiger partial charge on any atom is -0.497 e. The zero-order valence-corrected chi connectivity index (χ0v) is 18.9. The second-order valence-corrected chi connectivity index (χ2v) is 7.82. The second kappa shape index (κ2) is 10.5. The van der Waals surface area contributed by atoms with Gasteiger partial charge in [-0.15, -0.1) is 0 Å². The van der Waals surface area contributed by atoms with Crippen molar-refractivity contribution in [2.45, 2.75) is 20.0 Å². The number of carbonyl (C=O) groups excluding carboxylic acids is 1. The fourth-order valence-electron chi connectivity index (χ4n) is 3.64. The Hall–Kier alpha value is -4.12. The molecule has 0 aliphatic carbocycles. The number of nitrogens with one attached hydrogen (secondary N) is 1. The van der Waals surface area contributed by atoms with E-state index in [2.05, 4.69) is 34.5 Å². The molecule has 0 aliphatic heterocycles. The van der Waals surface area contributed by atoms with Crippen LogP contribution >= 0.6 is 0 Å². The normalized spacial score (nSPS) is 10.5. The summed E-state index contributed by atoms with van der Waals surface area (Å²) < 4.78 is 5.22. The summed E-state index contributed by atoms with van der Waals surface area (Å²) in [5, 5.41) is 2.97. The quantitative estimate of drug-likeness (QED) is 0.375. The van der Waals surface area contributed by atoms with E-state index < -0.39 is 0 Å². The van der Waals surface area contributed by atoms with Gasteiger partial charge in [-0.1, -0.05) is 66.7 Å². The minimum absolute atomic E-state index is 0.197. The summed E-state index contributed by atoms with van der Waals surface area (Å²) in [4.78, 5) is 19.8. The lowest BCUT2D eigenvalue weighted by atomic mass is 10.1. The number of methoxy groups -OCH3 is 1. The Kier molecular flexibility index (Phi) is 7.00. The van der Waals surface area contributed by atoms with Gasteiger partial charge in [0.25, 0.3) is 5.91 Å². The summed E-state index contributed by atoms with van der Waals surface area (Å²) in [6.45, 7) is 3.38. The predicted molar refractivity (Wildman–Crippen MR) is 133 cm³/mol. The Balaban J connectivity index is 1.56. The maximum atomic E-state index is 12.7. The van der Waals surface area contributed by atoms with Gasteiger partial charge in [-0.25, -0.2) is 4.98 Å². The largest absolute Gasteiger partial charge is 0.497 e. The molecule has 5 nitrogen and oxygen atoms in total. The molecule has 4 rings (SSSR count). The van der Waals surface area contributed by atoms with Crippen molar-refractivity contribution in [1.82, 2.24) is 4.98 Å². The van der Waals surface area contributed by atoms with Crippen molar-refractivity contribution in [3.05, 3.63) is 119 Å². The van der Waals surface area contributed by atoms with Gasteiger partial charge in [-0.3, -0.25) is 4.79 Å². The van der Waals surface area contributed by atoms with Gasteiger partial charge in [-0.2, -0.15) is 0 Å². The Morgan fingerprint density at radius 1 is 0.848 bits per heavy atom. The topological polar surface area (TPSA) is 54.5 Å². The molecule has 0 aliphatic rings. The van der Waals surface area contributed by atoms with E-state index in [-0.39, 0.29) is 5.91 Å². The zero-order chi connectivity index (χ0) is 23.0. The van der Waals surface area contributed by atoms with E-state index in [0.717, 1.165) is 24.6 Å². The maximum Gasteiger partial charge on any atom is 0.255 e. The van der Waals surface area contributed by atoms with Crippen LogP contribution in [0.2, 0.25) is 0 Å². The summed E-state index contributed by atoms with van der Waals surface area (Å²) >= 11 is 0. The standard InChI is InChI=1S/C28H27N3O2/c1-21-26(30-28(32)24-14-9-15-25(18-24)33-2)16-17-27(29-21)31(19-22-10-5-3-6-11-22)20-23-12-7-4-8-13-23/h3-18H,19-20H2,1-2H3,(H,30,32). The third-order valence-electron chi connectivity index (χ3n) is 5.41. The van der Waals surface area contributed by atoms with Crippen LogP contribution in [0.4, 0.5) is 11.5 Å². The number of hydrogen-bond acceptors (Lipinski definition) is 4. The Morgan fingerprint density at radius 2 is 1.48 bits per heavy atom. The summed E-state index contributed by atoms with van der Waals surface area (Å²) in [6, 6.07) is 31.7. The van der Waals surface area contributed by atoms with Crippen molar-refractivity contribution < 1.29 is 9.53 Å². The third-order valence-corrected chi connectivity index (χ3v) is 5.41. The minimum atomic E-state index is -0.197. The van der Waals surface area contributed by atoms with Crippen molar-refractivity contribution in [1.29, 1.82) is 0 Å². The number of carbonyl (C=O) groups is 1. The van der Waals surface area contributed by atoms with Crippen molar-refractivity contribution in [2.75, 3.05) is 17.3 Å². The average molecular weight is 438 g/mol. The van der Waals surface area contributed by atoms with Crippen molar-refractivity contribution in [2.24, 2.45) is 0 Å². The molecule has 0 fully saturated rings. The molecule has 0 bridgehead atoms. The SMILES string of the molecule is COc1cccc(C(=O)Nc2ccc(N(Cc3ccccc3)Cc3ccccc3)nc2C)c1. The molecule has 4 aromatic rings. The van der Waals surface area contributed by atoms with E-state index in [9.17, 15) is 4.79 Å². The van der Waals surface area contributed by atoms with Crippen LogP contribution in [0, 0.1) is 6.92 Å². The highest BCUT2D eigenvalue weighted by Crippen LogP contribution is 2.23. The van der Waals surface area contributed by atoms with Crippen LogP contribution in [0.25, 0.3) is 0 Å². The molecule has 0 saturated carbocycles. The highest BCUT2D eigenvalue weighted by molar-refractivity contribution is 6.04. The number of nitrogens with zero attached hydrogens (tertiary/aromatic N) is 2. The van der Waals surface area contributed by atoms with Crippen LogP contribution in [-0.4, -0.2) is 18.0 Å². The number of ether oxygens (including phenoxy) is 1. The van der Waals surface area contributed by atoms with Gasteiger partial charge < -0.3 is 15.0 Å². The number of benzene rings is 3. The molecule has 5 heteroatoms. The summed E-state index contributed by atoms with van der Waals surface area (Å²) in [5.74, 6) is 1.31. The van der Waals surface area contributed by atoms with Crippen LogP contribution in [-0.2, 0) is 13.1 Å². The van der Waals surface area contributed by atoms with Crippen LogP contribution in [0.15, 0.2) is 97.1 Å². The zero-order valence-electron chi connectivity index (χ0n) is 18.9. The third kappa shape index (κ3) is 5.77.